The maximum Gasteiger partial charge on any atom is 0.257 e. The van der Waals surface area contributed by atoms with Crippen LogP contribution in [0.4, 0.5) is 5.69 Å². The van der Waals surface area contributed by atoms with Gasteiger partial charge in [-0.2, -0.15) is 4.31 Å². The second-order valence-electron chi connectivity index (χ2n) is 9.16. The summed E-state index contributed by atoms with van der Waals surface area (Å²) in [4.78, 5) is 17.3. The molecule has 4 rings (SSSR count). The molecule has 7 nitrogen and oxygen atoms in total. The maximum atomic E-state index is 13.5. The van der Waals surface area contributed by atoms with E-state index in [0.717, 1.165) is 24.1 Å². The summed E-state index contributed by atoms with van der Waals surface area (Å²) in [6, 6.07) is 10.3. The predicted molar refractivity (Wildman–Crippen MR) is 134 cm³/mol. The Bertz CT molecular complexity index is 1150. The van der Waals surface area contributed by atoms with Gasteiger partial charge in [0.15, 0.2) is 0 Å². The number of hydrogen-bond donors (Lipinski definition) is 0. The Kier molecular flexibility index (Phi) is 7.40. The van der Waals surface area contributed by atoms with Gasteiger partial charge in [-0.25, -0.2) is 8.42 Å². The van der Waals surface area contributed by atoms with Gasteiger partial charge in [0.25, 0.3) is 5.91 Å². The molecule has 2 saturated heterocycles. The first-order valence-corrected chi connectivity index (χ1v) is 13.5. The number of carbonyl (C=O) groups is 1. The summed E-state index contributed by atoms with van der Waals surface area (Å²) in [5.41, 5.74) is 2.43. The number of halogens is 1. The minimum Gasteiger partial charge on any atom is -0.496 e. The molecule has 0 saturated carbocycles. The number of piperidine rings is 1. The van der Waals surface area contributed by atoms with E-state index in [9.17, 15) is 13.2 Å². The Hall–Kier alpha value is -2.29. The zero-order valence-corrected chi connectivity index (χ0v) is 21.5. The Labute approximate surface area is 207 Å². The SMILES string of the molecule is COc1ccc(S(=O)(=O)N2CCN(c3cc(Cl)ccc3C)CC2)cc1C(=O)N1CCC(C)CC1. The number of likely N-dealkylation sites (tertiary alicyclic amines) is 1. The number of nitrogens with zero attached hydrogens (tertiary/aromatic N) is 3. The number of hydrogen-bond acceptors (Lipinski definition) is 5. The van der Waals surface area contributed by atoms with E-state index in [1.54, 1.807) is 11.0 Å². The number of ether oxygens (including phenoxy) is 1. The molecule has 34 heavy (non-hydrogen) atoms. The van der Waals surface area contributed by atoms with Crippen LogP contribution in [0.15, 0.2) is 41.3 Å². The van der Waals surface area contributed by atoms with Gasteiger partial charge in [-0.15, -0.1) is 0 Å². The summed E-state index contributed by atoms with van der Waals surface area (Å²) in [7, 11) is -2.26. The fraction of sp³-hybridized carbons (Fsp3) is 0.480. The van der Waals surface area contributed by atoms with Crippen molar-refractivity contribution in [2.45, 2.75) is 31.6 Å². The topological polar surface area (TPSA) is 70.2 Å². The van der Waals surface area contributed by atoms with E-state index in [4.69, 9.17) is 16.3 Å². The fourth-order valence-electron chi connectivity index (χ4n) is 4.64. The lowest BCUT2D eigenvalue weighted by molar-refractivity contribution is 0.0693. The maximum absolute atomic E-state index is 13.5. The number of anilines is 1. The van der Waals surface area contributed by atoms with Crippen molar-refractivity contribution in [3.63, 3.8) is 0 Å². The summed E-state index contributed by atoms with van der Waals surface area (Å²) < 4.78 is 33.8. The van der Waals surface area contributed by atoms with Crippen molar-refractivity contribution in [3.05, 3.63) is 52.5 Å². The highest BCUT2D eigenvalue weighted by Crippen LogP contribution is 2.30. The normalized spacial score (nSPS) is 18.2. The highest BCUT2D eigenvalue weighted by molar-refractivity contribution is 7.89. The van der Waals surface area contributed by atoms with Gasteiger partial charge in [-0.3, -0.25) is 4.79 Å². The molecular weight excluding hydrogens is 474 g/mol. The van der Waals surface area contributed by atoms with Crippen LogP contribution in [0.3, 0.4) is 0 Å². The van der Waals surface area contributed by atoms with Crippen molar-refractivity contribution >= 4 is 33.2 Å². The number of methoxy groups -OCH3 is 1. The second kappa shape index (κ2) is 10.1. The zero-order chi connectivity index (χ0) is 24.5. The smallest absolute Gasteiger partial charge is 0.257 e. The number of aryl methyl sites for hydroxylation is 1. The molecule has 184 valence electrons. The van der Waals surface area contributed by atoms with E-state index < -0.39 is 10.0 Å². The third-order valence-electron chi connectivity index (χ3n) is 6.86. The summed E-state index contributed by atoms with van der Waals surface area (Å²) in [6.07, 6.45) is 1.89. The number of carbonyl (C=O) groups excluding carboxylic acids is 1. The molecule has 2 aromatic rings. The van der Waals surface area contributed by atoms with Gasteiger partial charge in [0.1, 0.15) is 5.75 Å². The summed E-state index contributed by atoms with van der Waals surface area (Å²) >= 11 is 6.17. The van der Waals surface area contributed by atoms with Crippen molar-refractivity contribution in [2.75, 3.05) is 51.3 Å². The number of rotatable bonds is 5. The lowest BCUT2D eigenvalue weighted by Crippen LogP contribution is -2.48. The van der Waals surface area contributed by atoms with Gasteiger partial charge in [0, 0.05) is 50.0 Å². The predicted octanol–water partition coefficient (Wildman–Crippen LogP) is 4.04. The van der Waals surface area contributed by atoms with Crippen LogP contribution >= 0.6 is 11.6 Å². The minimum absolute atomic E-state index is 0.120. The van der Waals surface area contributed by atoms with Crippen LogP contribution in [0.2, 0.25) is 5.02 Å². The zero-order valence-electron chi connectivity index (χ0n) is 20.0. The molecule has 0 radical (unpaired) electrons. The van der Waals surface area contributed by atoms with Crippen LogP contribution in [-0.2, 0) is 10.0 Å². The minimum atomic E-state index is -3.75. The molecule has 0 aliphatic carbocycles. The van der Waals surface area contributed by atoms with Crippen LogP contribution in [0.5, 0.6) is 5.75 Å². The van der Waals surface area contributed by atoms with Crippen LogP contribution in [0, 0.1) is 12.8 Å². The molecule has 2 fully saturated rings. The molecule has 0 aromatic heterocycles. The number of amides is 1. The first-order chi connectivity index (χ1) is 16.2. The molecular formula is C25H32ClN3O4S. The van der Waals surface area contributed by atoms with E-state index in [2.05, 4.69) is 11.8 Å². The molecule has 1 amide bonds. The van der Waals surface area contributed by atoms with Gasteiger partial charge >= 0.3 is 0 Å². The van der Waals surface area contributed by atoms with Crippen LogP contribution < -0.4 is 9.64 Å². The second-order valence-corrected chi connectivity index (χ2v) is 11.5. The molecule has 2 aliphatic heterocycles. The van der Waals surface area contributed by atoms with Crippen molar-refractivity contribution in [1.82, 2.24) is 9.21 Å². The molecule has 2 aromatic carbocycles. The summed E-state index contributed by atoms with van der Waals surface area (Å²) in [6.45, 7) is 7.39. The Morgan fingerprint density at radius 2 is 1.68 bits per heavy atom. The van der Waals surface area contributed by atoms with Crippen molar-refractivity contribution < 1.29 is 17.9 Å². The quantitative estimate of drug-likeness (QED) is 0.613. The monoisotopic (exact) mass is 505 g/mol. The van der Waals surface area contributed by atoms with Gasteiger partial charge in [0.05, 0.1) is 17.6 Å². The highest BCUT2D eigenvalue weighted by Gasteiger charge is 2.31. The van der Waals surface area contributed by atoms with E-state index in [-0.39, 0.29) is 10.8 Å². The van der Waals surface area contributed by atoms with Gasteiger partial charge in [0.2, 0.25) is 10.0 Å². The van der Waals surface area contributed by atoms with E-state index in [0.29, 0.717) is 61.5 Å². The van der Waals surface area contributed by atoms with E-state index in [1.807, 2.05) is 25.1 Å². The Morgan fingerprint density at radius 3 is 2.32 bits per heavy atom. The molecule has 0 bridgehead atoms. The number of sulfonamides is 1. The van der Waals surface area contributed by atoms with Gasteiger partial charge in [-0.1, -0.05) is 24.6 Å². The third-order valence-corrected chi connectivity index (χ3v) is 8.99. The highest BCUT2D eigenvalue weighted by atomic mass is 35.5. The molecule has 2 aliphatic rings. The van der Waals surface area contributed by atoms with Crippen LogP contribution in [0.25, 0.3) is 0 Å². The fourth-order valence-corrected chi connectivity index (χ4v) is 6.25. The molecule has 9 heteroatoms. The Morgan fingerprint density at radius 1 is 1.00 bits per heavy atom. The largest absolute Gasteiger partial charge is 0.496 e. The van der Waals surface area contributed by atoms with Crippen LogP contribution in [-0.4, -0.2) is 69.9 Å². The van der Waals surface area contributed by atoms with Gasteiger partial charge < -0.3 is 14.5 Å². The molecule has 0 unspecified atom stereocenters. The lowest BCUT2D eigenvalue weighted by Gasteiger charge is -2.36. The van der Waals surface area contributed by atoms with E-state index >= 15 is 0 Å². The average molecular weight is 506 g/mol. The molecule has 0 atom stereocenters. The van der Waals surface area contributed by atoms with Crippen LogP contribution in [0.1, 0.15) is 35.7 Å². The summed E-state index contributed by atoms with van der Waals surface area (Å²) in [5.74, 6) is 0.804. The average Bonchev–Trinajstić information content (AvgIpc) is 2.85. The van der Waals surface area contributed by atoms with Crippen molar-refractivity contribution in [3.8, 4) is 5.75 Å². The lowest BCUT2D eigenvalue weighted by atomic mass is 9.98. The van der Waals surface area contributed by atoms with Crippen molar-refractivity contribution in [2.24, 2.45) is 5.92 Å². The molecule has 0 spiro atoms. The third kappa shape index (κ3) is 5.04. The van der Waals surface area contributed by atoms with E-state index in [1.165, 1.54) is 23.5 Å². The molecule has 2 heterocycles. The first kappa shape index (κ1) is 24.8. The molecule has 0 N–H and O–H groups in total. The summed E-state index contributed by atoms with van der Waals surface area (Å²) in [5, 5.41) is 0.661. The van der Waals surface area contributed by atoms with Crippen molar-refractivity contribution in [1.29, 1.82) is 0 Å². The Balaban J connectivity index is 1.53. The number of piperazine rings is 1. The van der Waals surface area contributed by atoms with Gasteiger partial charge in [-0.05, 0) is 61.6 Å². The number of benzene rings is 2. The first-order valence-electron chi connectivity index (χ1n) is 11.7. The standard InChI is InChI=1S/C25H32ClN3O4S/c1-18-8-10-28(11-9-18)25(30)22-17-21(6-7-24(22)33-3)34(31,32)29-14-12-27(13-15-29)23-16-20(26)5-4-19(23)2/h4-7,16-18H,8-15H2,1-3H3.